The molecular weight excluding hydrogens is 330 g/mol. The lowest BCUT2D eigenvalue weighted by Crippen LogP contribution is -2.43. The van der Waals surface area contributed by atoms with Gasteiger partial charge in [-0.1, -0.05) is 66.2 Å². The van der Waals surface area contributed by atoms with E-state index in [1.807, 2.05) is 0 Å². The van der Waals surface area contributed by atoms with Crippen molar-refractivity contribution in [1.82, 2.24) is 9.91 Å². The summed E-state index contributed by atoms with van der Waals surface area (Å²) < 4.78 is 0. The lowest BCUT2D eigenvalue weighted by molar-refractivity contribution is 0.130. The minimum absolute atomic E-state index is 0.983. The van der Waals surface area contributed by atoms with Crippen LogP contribution in [0, 0.1) is 6.92 Å². The number of hydrogen-bond acceptors (Lipinski definition) is 3. The molecule has 0 saturated carbocycles. The molecule has 1 aliphatic heterocycles. The second-order valence-electron chi connectivity index (χ2n) is 7.46. The van der Waals surface area contributed by atoms with Crippen LogP contribution < -0.4 is 0 Å². The van der Waals surface area contributed by atoms with E-state index in [1.165, 1.54) is 27.5 Å². The van der Waals surface area contributed by atoms with Gasteiger partial charge in [0, 0.05) is 32.7 Å². The van der Waals surface area contributed by atoms with Crippen molar-refractivity contribution in [1.29, 1.82) is 0 Å². The highest BCUT2D eigenvalue weighted by Gasteiger charge is 2.16. The Morgan fingerprint density at radius 1 is 0.852 bits per heavy atom. The van der Waals surface area contributed by atoms with Crippen molar-refractivity contribution < 1.29 is 0 Å². The highest BCUT2D eigenvalue weighted by Crippen LogP contribution is 2.17. The molecule has 1 saturated heterocycles. The Balaban J connectivity index is 1.37. The molecule has 3 heteroatoms. The highest BCUT2D eigenvalue weighted by molar-refractivity contribution is 6.01. The number of fused-ring (bicyclic) bond motifs is 1. The molecule has 138 valence electrons. The number of nitrogens with zero attached hydrogens (tertiary/aromatic N) is 3. The van der Waals surface area contributed by atoms with Gasteiger partial charge in [-0.05, 0) is 41.8 Å². The molecule has 0 aliphatic carbocycles. The van der Waals surface area contributed by atoms with Crippen LogP contribution in [0.3, 0.4) is 0 Å². The van der Waals surface area contributed by atoms with Crippen LogP contribution >= 0.6 is 0 Å². The molecule has 0 N–H and O–H groups in total. The number of hydrogen-bond donors (Lipinski definition) is 0. The molecule has 27 heavy (non-hydrogen) atoms. The summed E-state index contributed by atoms with van der Waals surface area (Å²) >= 11 is 0. The molecule has 3 nitrogen and oxygen atoms in total. The predicted octanol–water partition coefficient (Wildman–Crippen LogP) is 4.69. The third-order valence-corrected chi connectivity index (χ3v) is 5.33. The molecule has 0 unspecified atom stereocenters. The van der Waals surface area contributed by atoms with Crippen molar-refractivity contribution >= 4 is 16.5 Å². The molecule has 0 amide bonds. The second-order valence-corrected chi connectivity index (χ2v) is 7.46. The average Bonchev–Trinajstić information content (AvgIpc) is 2.71. The van der Waals surface area contributed by atoms with Crippen molar-refractivity contribution in [3.8, 4) is 0 Å². The molecule has 1 heterocycles. The first-order chi connectivity index (χ1) is 13.2. The molecule has 3 aromatic rings. The molecule has 1 fully saturated rings. The second kappa shape index (κ2) is 7.93. The molecule has 0 atom stereocenters. The fraction of sp³-hybridized carbons (Fsp3) is 0.292. The molecule has 0 spiro atoms. The summed E-state index contributed by atoms with van der Waals surface area (Å²) in [6.07, 6.45) is 0. The van der Waals surface area contributed by atoms with Gasteiger partial charge in [0.25, 0.3) is 0 Å². The van der Waals surface area contributed by atoms with E-state index in [-0.39, 0.29) is 0 Å². The fourth-order valence-electron chi connectivity index (χ4n) is 3.63. The van der Waals surface area contributed by atoms with Crippen molar-refractivity contribution in [2.45, 2.75) is 20.4 Å². The van der Waals surface area contributed by atoms with Crippen LogP contribution in [0.1, 0.15) is 23.6 Å². The zero-order chi connectivity index (χ0) is 18.6. The Bertz CT molecular complexity index is 935. The maximum absolute atomic E-state index is 4.89. The standard InChI is InChI=1S/C24H27N3/c1-19-7-9-21(10-8-19)18-26-13-15-27(16-14-26)25-20(2)23-12-11-22-5-3-4-6-24(22)17-23/h3-12,17H,13-16,18H2,1-2H3/b25-20+. The quantitative estimate of drug-likeness (QED) is 0.631. The van der Waals surface area contributed by atoms with E-state index in [0.29, 0.717) is 0 Å². The molecule has 0 bridgehead atoms. The van der Waals surface area contributed by atoms with E-state index in [0.717, 1.165) is 38.4 Å². The first-order valence-corrected chi connectivity index (χ1v) is 9.75. The van der Waals surface area contributed by atoms with E-state index in [9.17, 15) is 0 Å². The van der Waals surface area contributed by atoms with Gasteiger partial charge in [0.1, 0.15) is 0 Å². The normalized spacial score (nSPS) is 16.1. The minimum atomic E-state index is 0.983. The van der Waals surface area contributed by atoms with Gasteiger partial charge in [0.2, 0.25) is 0 Å². The largest absolute Gasteiger partial charge is 0.295 e. The summed E-state index contributed by atoms with van der Waals surface area (Å²) in [6, 6.07) is 24.0. The lowest BCUT2D eigenvalue weighted by atomic mass is 10.0. The van der Waals surface area contributed by atoms with Crippen molar-refractivity contribution in [2.75, 3.05) is 26.2 Å². The molecule has 3 aromatic carbocycles. The van der Waals surface area contributed by atoms with E-state index in [2.05, 4.69) is 90.5 Å². The van der Waals surface area contributed by atoms with E-state index in [4.69, 9.17) is 5.10 Å². The Morgan fingerprint density at radius 3 is 2.30 bits per heavy atom. The van der Waals surface area contributed by atoms with Gasteiger partial charge in [-0.25, -0.2) is 0 Å². The van der Waals surface area contributed by atoms with Gasteiger partial charge in [0.15, 0.2) is 0 Å². The zero-order valence-electron chi connectivity index (χ0n) is 16.2. The van der Waals surface area contributed by atoms with Gasteiger partial charge in [-0.2, -0.15) is 5.10 Å². The first kappa shape index (κ1) is 17.7. The smallest absolute Gasteiger partial charge is 0.0646 e. The first-order valence-electron chi connectivity index (χ1n) is 9.75. The van der Waals surface area contributed by atoms with Crippen LogP contribution in [0.4, 0.5) is 0 Å². The Labute approximate surface area is 161 Å². The van der Waals surface area contributed by atoms with Crippen LogP contribution in [0.15, 0.2) is 71.8 Å². The topological polar surface area (TPSA) is 18.8 Å². The number of aryl methyl sites for hydroxylation is 1. The summed E-state index contributed by atoms with van der Waals surface area (Å²) in [4.78, 5) is 2.52. The third kappa shape index (κ3) is 4.37. The molecule has 4 rings (SSSR count). The van der Waals surface area contributed by atoms with Crippen LogP contribution in [0.25, 0.3) is 10.8 Å². The van der Waals surface area contributed by atoms with Gasteiger partial charge >= 0.3 is 0 Å². The van der Waals surface area contributed by atoms with Gasteiger partial charge in [-0.15, -0.1) is 0 Å². The van der Waals surface area contributed by atoms with Crippen molar-refractivity contribution in [3.63, 3.8) is 0 Å². The maximum atomic E-state index is 4.89. The molecule has 0 radical (unpaired) electrons. The van der Waals surface area contributed by atoms with Crippen molar-refractivity contribution in [3.05, 3.63) is 83.4 Å². The summed E-state index contributed by atoms with van der Waals surface area (Å²) in [7, 11) is 0. The fourth-order valence-corrected chi connectivity index (χ4v) is 3.63. The number of hydrazone groups is 1. The van der Waals surface area contributed by atoms with Gasteiger partial charge in [0.05, 0.1) is 5.71 Å². The monoisotopic (exact) mass is 357 g/mol. The predicted molar refractivity (Wildman–Crippen MR) is 114 cm³/mol. The van der Waals surface area contributed by atoms with Crippen LogP contribution in [0.5, 0.6) is 0 Å². The zero-order valence-corrected chi connectivity index (χ0v) is 16.2. The molecule has 0 aromatic heterocycles. The highest BCUT2D eigenvalue weighted by atomic mass is 15.5. The molecular formula is C24H27N3. The van der Waals surface area contributed by atoms with Crippen LogP contribution in [-0.2, 0) is 6.54 Å². The summed E-state index contributed by atoms with van der Waals surface area (Å²) in [5.41, 5.74) is 5.01. The Morgan fingerprint density at radius 2 is 1.56 bits per heavy atom. The minimum Gasteiger partial charge on any atom is -0.295 e. The van der Waals surface area contributed by atoms with E-state index >= 15 is 0 Å². The summed E-state index contributed by atoms with van der Waals surface area (Å²) in [6.45, 7) is 9.36. The SMILES string of the molecule is C/C(=N\N1CCN(Cc2ccc(C)cc2)CC1)c1ccc2ccccc2c1. The van der Waals surface area contributed by atoms with Crippen LogP contribution in [-0.4, -0.2) is 41.8 Å². The van der Waals surface area contributed by atoms with Gasteiger partial charge in [-0.3, -0.25) is 9.91 Å². The summed E-state index contributed by atoms with van der Waals surface area (Å²) in [5, 5.41) is 9.66. The van der Waals surface area contributed by atoms with E-state index in [1.54, 1.807) is 0 Å². The lowest BCUT2D eigenvalue weighted by Gasteiger charge is -2.33. The number of piperazine rings is 1. The third-order valence-electron chi connectivity index (χ3n) is 5.33. The van der Waals surface area contributed by atoms with Crippen LogP contribution in [0.2, 0.25) is 0 Å². The maximum Gasteiger partial charge on any atom is 0.0646 e. The van der Waals surface area contributed by atoms with Gasteiger partial charge < -0.3 is 0 Å². The van der Waals surface area contributed by atoms with Crippen molar-refractivity contribution in [2.24, 2.45) is 5.10 Å². The Kier molecular flexibility index (Phi) is 5.21. The number of benzene rings is 3. The number of rotatable bonds is 4. The summed E-state index contributed by atoms with van der Waals surface area (Å²) in [5.74, 6) is 0. The Hall–Kier alpha value is -2.65. The average molecular weight is 358 g/mol. The molecule has 1 aliphatic rings. The van der Waals surface area contributed by atoms with E-state index < -0.39 is 0 Å².